The van der Waals surface area contributed by atoms with Gasteiger partial charge in [-0.15, -0.1) is 0 Å². The molecule has 0 aliphatic carbocycles. The van der Waals surface area contributed by atoms with Crippen LogP contribution in [0.15, 0.2) is 42.6 Å². The smallest absolute Gasteiger partial charge is 0.261 e. The van der Waals surface area contributed by atoms with Crippen molar-refractivity contribution >= 4 is 23.0 Å². The summed E-state index contributed by atoms with van der Waals surface area (Å²) >= 11 is 0. The zero-order valence-corrected chi connectivity index (χ0v) is 13.7. The topological polar surface area (TPSA) is 77.3 Å². The third kappa shape index (κ3) is 2.49. The average molecular weight is 336 g/mol. The standard InChI is InChI=1S/C18H16N4O3/c1-25-10-9-21-15(20-14-7-4-8-19-16(14)21)11-22-17(23)12-5-2-3-6-13(12)18(22)24/h2-8H,9-11H2,1H3. The number of pyridine rings is 1. The highest BCUT2D eigenvalue weighted by Gasteiger charge is 2.36. The first-order valence-corrected chi connectivity index (χ1v) is 7.95. The van der Waals surface area contributed by atoms with Crippen LogP contribution >= 0.6 is 0 Å². The van der Waals surface area contributed by atoms with Crippen LogP contribution in [0.2, 0.25) is 0 Å². The molecular weight excluding hydrogens is 320 g/mol. The second-order valence-corrected chi connectivity index (χ2v) is 5.76. The highest BCUT2D eigenvalue weighted by Crippen LogP contribution is 2.25. The molecular formula is C18H16N4O3. The van der Waals surface area contributed by atoms with Crippen LogP contribution in [0.1, 0.15) is 26.5 Å². The molecule has 0 spiro atoms. The van der Waals surface area contributed by atoms with E-state index in [2.05, 4.69) is 9.97 Å². The van der Waals surface area contributed by atoms with Crippen LogP contribution in [0.25, 0.3) is 11.2 Å². The van der Waals surface area contributed by atoms with Crippen LogP contribution in [0, 0.1) is 0 Å². The molecule has 1 aliphatic heterocycles. The van der Waals surface area contributed by atoms with E-state index >= 15 is 0 Å². The molecule has 0 fully saturated rings. The van der Waals surface area contributed by atoms with Gasteiger partial charge in [-0.1, -0.05) is 12.1 Å². The molecule has 7 nitrogen and oxygen atoms in total. The summed E-state index contributed by atoms with van der Waals surface area (Å²) in [6, 6.07) is 10.5. The quantitative estimate of drug-likeness (QED) is 0.665. The lowest BCUT2D eigenvalue weighted by molar-refractivity contribution is 0.0636. The third-order valence-electron chi connectivity index (χ3n) is 4.28. The maximum Gasteiger partial charge on any atom is 0.261 e. The fourth-order valence-corrected chi connectivity index (χ4v) is 3.07. The Labute approximate surface area is 143 Å². The summed E-state index contributed by atoms with van der Waals surface area (Å²) < 4.78 is 7.05. The van der Waals surface area contributed by atoms with Gasteiger partial charge in [0.05, 0.1) is 24.3 Å². The van der Waals surface area contributed by atoms with Gasteiger partial charge >= 0.3 is 0 Å². The molecule has 3 heterocycles. The second-order valence-electron chi connectivity index (χ2n) is 5.76. The predicted octanol–water partition coefficient (Wildman–Crippen LogP) is 1.87. The number of carbonyl (C=O) groups is 2. The van der Waals surface area contributed by atoms with E-state index in [0.29, 0.717) is 35.8 Å². The Balaban J connectivity index is 1.72. The Morgan fingerprint density at radius 3 is 2.44 bits per heavy atom. The first-order valence-electron chi connectivity index (χ1n) is 7.95. The largest absolute Gasteiger partial charge is 0.383 e. The number of imidazole rings is 1. The van der Waals surface area contributed by atoms with Gasteiger partial charge in [-0.25, -0.2) is 9.97 Å². The SMILES string of the molecule is COCCn1c(CN2C(=O)c3ccccc3C2=O)nc2cccnc21. The molecule has 0 bridgehead atoms. The molecule has 0 unspecified atom stereocenters. The lowest BCUT2D eigenvalue weighted by Gasteiger charge is -2.15. The number of rotatable bonds is 5. The molecule has 25 heavy (non-hydrogen) atoms. The van der Waals surface area contributed by atoms with Gasteiger partial charge in [0, 0.05) is 19.9 Å². The normalized spacial score (nSPS) is 13.7. The molecule has 4 rings (SSSR count). The van der Waals surface area contributed by atoms with Crippen LogP contribution in [0.4, 0.5) is 0 Å². The summed E-state index contributed by atoms with van der Waals surface area (Å²) in [4.78, 5) is 35.3. The Hall–Kier alpha value is -3.06. The molecule has 0 atom stereocenters. The highest BCUT2D eigenvalue weighted by molar-refractivity contribution is 6.21. The van der Waals surface area contributed by atoms with Crippen molar-refractivity contribution in [2.24, 2.45) is 0 Å². The molecule has 2 aromatic heterocycles. The number of aromatic nitrogens is 3. The van der Waals surface area contributed by atoms with E-state index in [9.17, 15) is 9.59 Å². The maximum absolute atomic E-state index is 12.6. The Bertz CT molecular complexity index is 944. The molecule has 2 amide bonds. The van der Waals surface area contributed by atoms with Crippen LogP contribution in [-0.2, 0) is 17.8 Å². The second kappa shape index (κ2) is 6.10. The summed E-state index contributed by atoms with van der Waals surface area (Å²) in [5.74, 6) is 0.0260. The summed E-state index contributed by atoms with van der Waals surface area (Å²) in [7, 11) is 1.62. The van der Waals surface area contributed by atoms with Gasteiger partial charge in [-0.3, -0.25) is 14.5 Å². The van der Waals surface area contributed by atoms with Gasteiger partial charge in [0.15, 0.2) is 5.65 Å². The monoisotopic (exact) mass is 336 g/mol. The van der Waals surface area contributed by atoms with Crippen molar-refractivity contribution in [2.45, 2.75) is 13.1 Å². The van der Waals surface area contributed by atoms with Crippen molar-refractivity contribution in [1.29, 1.82) is 0 Å². The zero-order chi connectivity index (χ0) is 17.4. The number of ether oxygens (including phenoxy) is 1. The number of carbonyl (C=O) groups excluding carboxylic acids is 2. The van der Waals surface area contributed by atoms with Gasteiger partial charge in [0.25, 0.3) is 11.8 Å². The van der Waals surface area contributed by atoms with E-state index in [1.54, 1.807) is 37.6 Å². The molecule has 1 aliphatic rings. The van der Waals surface area contributed by atoms with Crippen molar-refractivity contribution in [1.82, 2.24) is 19.4 Å². The van der Waals surface area contributed by atoms with E-state index in [-0.39, 0.29) is 18.4 Å². The lowest BCUT2D eigenvalue weighted by Crippen LogP contribution is -2.30. The van der Waals surface area contributed by atoms with Gasteiger partial charge in [0.2, 0.25) is 0 Å². The van der Waals surface area contributed by atoms with Crippen molar-refractivity contribution in [3.63, 3.8) is 0 Å². The van der Waals surface area contributed by atoms with Crippen molar-refractivity contribution in [3.05, 3.63) is 59.5 Å². The van der Waals surface area contributed by atoms with E-state index in [1.165, 1.54) is 4.90 Å². The number of amides is 2. The number of hydrogen-bond acceptors (Lipinski definition) is 5. The minimum Gasteiger partial charge on any atom is -0.383 e. The van der Waals surface area contributed by atoms with Crippen LogP contribution < -0.4 is 0 Å². The minimum absolute atomic E-state index is 0.104. The van der Waals surface area contributed by atoms with Crippen LogP contribution in [0.5, 0.6) is 0 Å². The summed E-state index contributed by atoms with van der Waals surface area (Å²) in [5.41, 5.74) is 2.31. The number of benzene rings is 1. The fourth-order valence-electron chi connectivity index (χ4n) is 3.07. The number of fused-ring (bicyclic) bond motifs is 2. The number of hydrogen-bond donors (Lipinski definition) is 0. The Morgan fingerprint density at radius 2 is 1.76 bits per heavy atom. The molecule has 1 aromatic carbocycles. The number of nitrogens with zero attached hydrogens (tertiary/aromatic N) is 4. The first-order chi connectivity index (χ1) is 12.2. The zero-order valence-electron chi connectivity index (χ0n) is 13.7. The lowest BCUT2D eigenvalue weighted by atomic mass is 10.1. The van der Waals surface area contributed by atoms with Gasteiger partial charge < -0.3 is 9.30 Å². The summed E-state index contributed by atoms with van der Waals surface area (Å²) in [6.07, 6.45) is 1.69. The molecule has 7 heteroatoms. The number of methoxy groups -OCH3 is 1. The molecule has 126 valence electrons. The highest BCUT2D eigenvalue weighted by atomic mass is 16.5. The van der Waals surface area contributed by atoms with Crippen molar-refractivity contribution < 1.29 is 14.3 Å². The third-order valence-corrected chi connectivity index (χ3v) is 4.28. The van der Waals surface area contributed by atoms with E-state index in [0.717, 1.165) is 5.52 Å². The summed E-state index contributed by atoms with van der Waals surface area (Å²) in [5, 5.41) is 0. The van der Waals surface area contributed by atoms with Crippen LogP contribution in [0.3, 0.4) is 0 Å². The molecule has 0 saturated carbocycles. The van der Waals surface area contributed by atoms with Gasteiger partial charge in [-0.2, -0.15) is 0 Å². The fraction of sp³-hybridized carbons (Fsp3) is 0.222. The molecule has 0 N–H and O–H groups in total. The van der Waals surface area contributed by atoms with Crippen molar-refractivity contribution in [3.8, 4) is 0 Å². The van der Waals surface area contributed by atoms with Crippen LogP contribution in [-0.4, -0.2) is 45.0 Å². The Morgan fingerprint density at radius 1 is 1.04 bits per heavy atom. The predicted molar refractivity (Wildman–Crippen MR) is 90.1 cm³/mol. The maximum atomic E-state index is 12.6. The van der Waals surface area contributed by atoms with Crippen molar-refractivity contribution in [2.75, 3.05) is 13.7 Å². The molecule has 3 aromatic rings. The van der Waals surface area contributed by atoms with Gasteiger partial charge in [0.1, 0.15) is 11.3 Å². The molecule has 0 radical (unpaired) electrons. The minimum atomic E-state index is -0.293. The first kappa shape index (κ1) is 15.5. The van der Waals surface area contributed by atoms with E-state index in [1.807, 2.05) is 16.7 Å². The average Bonchev–Trinajstić information content (AvgIpc) is 3.11. The van der Waals surface area contributed by atoms with Gasteiger partial charge in [-0.05, 0) is 24.3 Å². The Kier molecular flexibility index (Phi) is 3.77. The van der Waals surface area contributed by atoms with E-state index < -0.39 is 0 Å². The van der Waals surface area contributed by atoms with E-state index in [4.69, 9.17) is 4.74 Å². The molecule has 0 saturated heterocycles. The number of imide groups is 1. The summed E-state index contributed by atoms with van der Waals surface area (Å²) in [6.45, 7) is 1.13.